The highest BCUT2D eigenvalue weighted by atomic mass is 32.1. The minimum Gasteiger partial charge on any atom is -0.444 e. The SMILES string of the molecule is CC(C)(C)OC(=O)NCC#Cc1ccc(C(N)=S)cc1. The Kier molecular flexibility index (Phi) is 5.53. The number of hydrogen-bond donors (Lipinski definition) is 2. The van der Waals surface area contributed by atoms with Crippen molar-refractivity contribution in [2.75, 3.05) is 6.54 Å². The predicted molar refractivity (Wildman–Crippen MR) is 83.4 cm³/mol. The molecule has 1 rings (SSSR count). The standard InChI is InChI=1S/C15H18N2O2S/c1-15(2,3)19-14(18)17-10-4-5-11-6-8-12(9-7-11)13(16)20/h6-9H,10H2,1-3H3,(H2,16,20)(H,17,18). The van der Waals surface area contributed by atoms with Gasteiger partial charge in [0.25, 0.3) is 0 Å². The molecular weight excluding hydrogens is 272 g/mol. The van der Waals surface area contributed by atoms with Gasteiger partial charge in [0.1, 0.15) is 10.6 Å². The molecule has 0 saturated carbocycles. The van der Waals surface area contributed by atoms with Gasteiger partial charge in [-0.05, 0) is 32.9 Å². The maximum absolute atomic E-state index is 11.4. The Labute approximate surface area is 124 Å². The summed E-state index contributed by atoms with van der Waals surface area (Å²) in [5, 5.41) is 2.56. The molecule has 4 nitrogen and oxygen atoms in total. The van der Waals surface area contributed by atoms with Gasteiger partial charge >= 0.3 is 6.09 Å². The molecule has 0 aliphatic carbocycles. The lowest BCUT2D eigenvalue weighted by Gasteiger charge is -2.18. The normalized spacial score (nSPS) is 10.2. The summed E-state index contributed by atoms with van der Waals surface area (Å²) in [6, 6.07) is 7.28. The van der Waals surface area contributed by atoms with E-state index < -0.39 is 11.7 Å². The zero-order valence-electron chi connectivity index (χ0n) is 11.8. The maximum Gasteiger partial charge on any atom is 0.408 e. The van der Waals surface area contributed by atoms with Gasteiger partial charge in [-0.3, -0.25) is 0 Å². The number of benzene rings is 1. The number of carbonyl (C=O) groups excluding carboxylic acids is 1. The lowest BCUT2D eigenvalue weighted by molar-refractivity contribution is 0.0535. The van der Waals surface area contributed by atoms with Gasteiger partial charge in [0.2, 0.25) is 0 Å². The van der Waals surface area contributed by atoms with Gasteiger partial charge in [-0.1, -0.05) is 36.2 Å². The van der Waals surface area contributed by atoms with E-state index in [0.717, 1.165) is 11.1 Å². The Hall–Kier alpha value is -2.06. The average Bonchev–Trinajstić information content (AvgIpc) is 2.33. The number of ether oxygens (including phenoxy) is 1. The van der Waals surface area contributed by atoms with Crippen molar-refractivity contribution in [3.63, 3.8) is 0 Å². The number of rotatable bonds is 2. The van der Waals surface area contributed by atoms with Gasteiger partial charge in [0.05, 0.1) is 6.54 Å². The molecule has 5 heteroatoms. The van der Waals surface area contributed by atoms with Crippen LogP contribution in [0.1, 0.15) is 31.9 Å². The molecule has 0 atom stereocenters. The van der Waals surface area contributed by atoms with E-state index in [9.17, 15) is 4.79 Å². The second-order valence-electron chi connectivity index (χ2n) is 5.10. The van der Waals surface area contributed by atoms with Crippen LogP contribution in [-0.4, -0.2) is 23.2 Å². The van der Waals surface area contributed by atoms with Crippen LogP contribution in [0.4, 0.5) is 4.79 Å². The van der Waals surface area contributed by atoms with Crippen molar-refractivity contribution in [2.24, 2.45) is 5.73 Å². The summed E-state index contributed by atoms with van der Waals surface area (Å²) >= 11 is 4.86. The number of hydrogen-bond acceptors (Lipinski definition) is 3. The van der Waals surface area contributed by atoms with Crippen LogP contribution in [0, 0.1) is 11.8 Å². The molecule has 0 aliphatic rings. The Bertz CT molecular complexity index is 548. The van der Waals surface area contributed by atoms with E-state index in [1.54, 1.807) is 0 Å². The van der Waals surface area contributed by atoms with Crippen LogP contribution < -0.4 is 11.1 Å². The zero-order valence-corrected chi connectivity index (χ0v) is 12.6. The summed E-state index contributed by atoms with van der Waals surface area (Å²) < 4.78 is 5.09. The fourth-order valence-electron chi connectivity index (χ4n) is 1.29. The van der Waals surface area contributed by atoms with Crippen LogP contribution >= 0.6 is 12.2 Å². The van der Waals surface area contributed by atoms with Crippen LogP contribution in [0.25, 0.3) is 0 Å². The lowest BCUT2D eigenvalue weighted by atomic mass is 10.1. The number of alkyl carbamates (subject to hydrolysis) is 1. The first-order chi connectivity index (χ1) is 9.28. The first-order valence-corrected chi connectivity index (χ1v) is 6.54. The molecule has 0 radical (unpaired) electrons. The predicted octanol–water partition coefficient (Wildman–Crippen LogP) is 2.20. The minimum absolute atomic E-state index is 0.228. The van der Waals surface area contributed by atoms with E-state index in [-0.39, 0.29) is 6.54 Å². The molecule has 0 aliphatic heterocycles. The molecule has 0 unspecified atom stereocenters. The smallest absolute Gasteiger partial charge is 0.408 e. The maximum atomic E-state index is 11.4. The summed E-state index contributed by atoms with van der Waals surface area (Å²) in [7, 11) is 0. The zero-order chi connectivity index (χ0) is 15.2. The Morgan fingerprint density at radius 2 is 1.95 bits per heavy atom. The molecule has 3 N–H and O–H groups in total. The van der Waals surface area contributed by atoms with Crippen molar-refractivity contribution in [2.45, 2.75) is 26.4 Å². The number of carbonyl (C=O) groups is 1. The Morgan fingerprint density at radius 3 is 2.45 bits per heavy atom. The molecule has 1 aromatic rings. The molecule has 0 bridgehead atoms. The van der Waals surface area contributed by atoms with Crippen LogP contribution in [0.15, 0.2) is 24.3 Å². The quantitative estimate of drug-likeness (QED) is 0.647. The summed E-state index contributed by atoms with van der Waals surface area (Å²) in [6.07, 6.45) is -0.476. The Balaban J connectivity index is 2.47. The van der Waals surface area contributed by atoms with Crippen molar-refractivity contribution in [1.29, 1.82) is 0 Å². The van der Waals surface area contributed by atoms with E-state index >= 15 is 0 Å². The van der Waals surface area contributed by atoms with Crippen molar-refractivity contribution < 1.29 is 9.53 Å². The van der Waals surface area contributed by atoms with Crippen LogP contribution in [0.3, 0.4) is 0 Å². The molecule has 0 fully saturated rings. The molecule has 1 aromatic carbocycles. The van der Waals surface area contributed by atoms with Gasteiger partial charge in [-0.15, -0.1) is 0 Å². The first-order valence-electron chi connectivity index (χ1n) is 6.13. The highest BCUT2D eigenvalue weighted by molar-refractivity contribution is 7.80. The van der Waals surface area contributed by atoms with Gasteiger partial charge in [-0.25, -0.2) is 4.79 Å². The molecule has 106 valence electrons. The van der Waals surface area contributed by atoms with Gasteiger partial charge in [0, 0.05) is 11.1 Å². The second kappa shape index (κ2) is 6.92. The fourth-order valence-corrected chi connectivity index (χ4v) is 1.43. The molecule has 0 saturated heterocycles. The molecule has 1 amide bonds. The van der Waals surface area contributed by atoms with E-state index in [1.807, 2.05) is 45.0 Å². The van der Waals surface area contributed by atoms with Crippen LogP contribution in [-0.2, 0) is 4.74 Å². The van der Waals surface area contributed by atoms with E-state index in [4.69, 9.17) is 22.7 Å². The van der Waals surface area contributed by atoms with Gasteiger partial charge in [0.15, 0.2) is 0 Å². The lowest BCUT2D eigenvalue weighted by Crippen LogP contribution is -2.32. The van der Waals surface area contributed by atoms with Crippen LogP contribution in [0.2, 0.25) is 0 Å². The molecule has 20 heavy (non-hydrogen) atoms. The van der Waals surface area contributed by atoms with Crippen molar-refractivity contribution in [3.8, 4) is 11.8 Å². The summed E-state index contributed by atoms with van der Waals surface area (Å²) in [6.45, 7) is 5.65. The fraction of sp³-hybridized carbons (Fsp3) is 0.333. The van der Waals surface area contributed by atoms with Crippen molar-refractivity contribution in [3.05, 3.63) is 35.4 Å². The van der Waals surface area contributed by atoms with E-state index in [2.05, 4.69) is 17.2 Å². The molecule has 0 heterocycles. The number of amides is 1. The molecular formula is C15H18N2O2S. The highest BCUT2D eigenvalue weighted by Crippen LogP contribution is 2.06. The van der Waals surface area contributed by atoms with Gasteiger partial charge < -0.3 is 15.8 Å². The second-order valence-corrected chi connectivity index (χ2v) is 5.54. The van der Waals surface area contributed by atoms with Gasteiger partial charge in [-0.2, -0.15) is 0 Å². The summed E-state index contributed by atoms with van der Waals surface area (Å²) in [5.74, 6) is 5.77. The average molecular weight is 290 g/mol. The van der Waals surface area contributed by atoms with E-state index in [0.29, 0.717) is 4.99 Å². The van der Waals surface area contributed by atoms with Crippen LogP contribution in [0.5, 0.6) is 0 Å². The molecule has 0 aromatic heterocycles. The third kappa shape index (κ3) is 6.21. The largest absolute Gasteiger partial charge is 0.444 e. The van der Waals surface area contributed by atoms with Crippen molar-refractivity contribution >= 4 is 23.3 Å². The monoisotopic (exact) mass is 290 g/mol. The summed E-state index contributed by atoms with van der Waals surface area (Å²) in [5.41, 5.74) is 6.63. The third-order valence-corrected chi connectivity index (χ3v) is 2.36. The third-order valence-electron chi connectivity index (χ3n) is 2.12. The first kappa shape index (κ1) is 16.0. The minimum atomic E-state index is -0.506. The summed E-state index contributed by atoms with van der Waals surface area (Å²) in [4.78, 5) is 11.7. The number of thiocarbonyl (C=S) groups is 1. The highest BCUT2D eigenvalue weighted by Gasteiger charge is 2.14. The number of nitrogens with two attached hydrogens (primary N) is 1. The van der Waals surface area contributed by atoms with E-state index in [1.165, 1.54) is 0 Å². The Morgan fingerprint density at radius 1 is 1.35 bits per heavy atom. The molecule has 0 spiro atoms. The topological polar surface area (TPSA) is 64.3 Å². The number of nitrogens with one attached hydrogen (secondary N) is 1. The van der Waals surface area contributed by atoms with Crippen molar-refractivity contribution in [1.82, 2.24) is 5.32 Å².